The van der Waals surface area contributed by atoms with Gasteiger partial charge in [-0.3, -0.25) is 4.79 Å². The number of fused-ring (bicyclic) bond motifs is 1. The zero-order chi connectivity index (χ0) is 18.8. The van der Waals surface area contributed by atoms with Gasteiger partial charge in [0.2, 0.25) is 17.7 Å². The van der Waals surface area contributed by atoms with Crippen molar-refractivity contribution < 1.29 is 9.53 Å². The number of amides is 1. The first kappa shape index (κ1) is 17.8. The van der Waals surface area contributed by atoms with E-state index in [-0.39, 0.29) is 11.8 Å². The SMILES string of the molecule is COc1cc(C)nc(N2CCCC(C(=O)Nc3ccc4c(c3)CCC4)C2)n1. The van der Waals surface area contributed by atoms with Crippen LogP contribution < -0.4 is 15.0 Å². The van der Waals surface area contributed by atoms with Crippen molar-refractivity contribution in [2.24, 2.45) is 5.92 Å². The van der Waals surface area contributed by atoms with Crippen LogP contribution in [0.25, 0.3) is 0 Å². The van der Waals surface area contributed by atoms with Crippen LogP contribution in [-0.4, -0.2) is 36.1 Å². The number of benzene rings is 1. The number of hydrogen-bond donors (Lipinski definition) is 1. The van der Waals surface area contributed by atoms with Crippen LogP contribution in [0.4, 0.5) is 11.6 Å². The lowest BCUT2D eigenvalue weighted by atomic mass is 9.97. The Balaban J connectivity index is 1.45. The van der Waals surface area contributed by atoms with Gasteiger partial charge >= 0.3 is 0 Å². The van der Waals surface area contributed by atoms with Gasteiger partial charge in [-0.25, -0.2) is 4.98 Å². The number of aromatic nitrogens is 2. The van der Waals surface area contributed by atoms with Crippen LogP contribution in [-0.2, 0) is 17.6 Å². The molecule has 1 amide bonds. The van der Waals surface area contributed by atoms with E-state index in [1.807, 2.05) is 19.1 Å². The lowest BCUT2D eigenvalue weighted by Gasteiger charge is -2.32. The molecule has 1 aliphatic heterocycles. The van der Waals surface area contributed by atoms with Gasteiger partial charge in [-0.1, -0.05) is 6.07 Å². The van der Waals surface area contributed by atoms with E-state index in [9.17, 15) is 4.79 Å². The minimum atomic E-state index is -0.0675. The first-order valence-electron chi connectivity index (χ1n) is 9.69. The zero-order valence-corrected chi connectivity index (χ0v) is 16.0. The van der Waals surface area contributed by atoms with Crippen molar-refractivity contribution in [1.82, 2.24) is 9.97 Å². The average Bonchev–Trinajstić information content (AvgIpc) is 3.15. The maximum absolute atomic E-state index is 12.8. The number of carbonyl (C=O) groups excluding carboxylic acids is 1. The fraction of sp³-hybridized carbons (Fsp3) is 0.476. The van der Waals surface area contributed by atoms with Crippen molar-refractivity contribution in [2.75, 3.05) is 30.4 Å². The highest BCUT2D eigenvalue weighted by molar-refractivity contribution is 5.93. The quantitative estimate of drug-likeness (QED) is 0.900. The van der Waals surface area contributed by atoms with E-state index in [2.05, 4.69) is 32.3 Å². The molecule has 6 nitrogen and oxygen atoms in total. The molecule has 1 aromatic heterocycles. The number of rotatable bonds is 4. The summed E-state index contributed by atoms with van der Waals surface area (Å²) in [5.41, 5.74) is 4.56. The summed E-state index contributed by atoms with van der Waals surface area (Å²) >= 11 is 0. The first-order chi connectivity index (χ1) is 13.1. The van der Waals surface area contributed by atoms with E-state index >= 15 is 0 Å². The van der Waals surface area contributed by atoms with E-state index < -0.39 is 0 Å². The van der Waals surface area contributed by atoms with E-state index in [1.165, 1.54) is 17.5 Å². The van der Waals surface area contributed by atoms with E-state index in [0.29, 0.717) is 18.4 Å². The molecule has 6 heteroatoms. The normalized spacial score (nSPS) is 18.9. The smallest absolute Gasteiger partial charge is 0.229 e. The largest absolute Gasteiger partial charge is 0.481 e. The standard InChI is InChI=1S/C21H26N4O2/c1-14-11-19(27-2)24-21(22-14)25-10-4-7-17(13-25)20(26)23-18-9-8-15-5-3-6-16(15)12-18/h8-9,11-12,17H,3-7,10,13H2,1-2H3,(H,23,26). The van der Waals surface area contributed by atoms with E-state index in [0.717, 1.165) is 43.6 Å². The molecule has 1 N–H and O–H groups in total. The van der Waals surface area contributed by atoms with E-state index in [1.54, 1.807) is 7.11 Å². The minimum absolute atomic E-state index is 0.0675. The van der Waals surface area contributed by atoms with Gasteiger partial charge in [-0.15, -0.1) is 0 Å². The summed E-state index contributed by atoms with van der Waals surface area (Å²) in [6, 6.07) is 8.12. The Morgan fingerprint density at radius 3 is 2.89 bits per heavy atom. The van der Waals surface area contributed by atoms with Crippen molar-refractivity contribution >= 4 is 17.5 Å². The van der Waals surface area contributed by atoms with Crippen molar-refractivity contribution in [3.05, 3.63) is 41.1 Å². The van der Waals surface area contributed by atoms with Crippen molar-refractivity contribution in [3.63, 3.8) is 0 Å². The number of piperidine rings is 1. The van der Waals surface area contributed by atoms with Gasteiger partial charge in [0.15, 0.2) is 0 Å². The molecule has 1 saturated heterocycles. The number of methoxy groups -OCH3 is 1. The number of hydrogen-bond acceptors (Lipinski definition) is 5. The van der Waals surface area contributed by atoms with Crippen LogP contribution in [0.5, 0.6) is 5.88 Å². The third-order valence-electron chi connectivity index (χ3n) is 5.47. The predicted octanol–water partition coefficient (Wildman–Crippen LogP) is 3.14. The van der Waals surface area contributed by atoms with Crippen LogP contribution in [0.15, 0.2) is 24.3 Å². The Bertz CT molecular complexity index is 852. The Morgan fingerprint density at radius 1 is 1.19 bits per heavy atom. The molecule has 1 atom stereocenters. The molecule has 2 heterocycles. The molecular formula is C21H26N4O2. The Morgan fingerprint density at radius 2 is 2.04 bits per heavy atom. The molecule has 27 heavy (non-hydrogen) atoms. The number of carbonyl (C=O) groups is 1. The molecule has 1 aliphatic carbocycles. The molecule has 0 bridgehead atoms. The third kappa shape index (κ3) is 3.89. The van der Waals surface area contributed by atoms with Crippen LogP contribution >= 0.6 is 0 Å². The van der Waals surface area contributed by atoms with Gasteiger partial charge in [-0.2, -0.15) is 4.98 Å². The van der Waals surface area contributed by atoms with Crippen molar-refractivity contribution in [2.45, 2.75) is 39.0 Å². The number of nitrogens with zero attached hydrogens (tertiary/aromatic N) is 3. The lowest BCUT2D eigenvalue weighted by Crippen LogP contribution is -2.41. The molecule has 0 radical (unpaired) electrons. The number of ether oxygens (including phenoxy) is 1. The topological polar surface area (TPSA) is 67.3 Å². The molecule has 1 aromatic carbocycles. The average molecular weight is 366 g/mol. The van der Waals surface area contributed by atoms with Crippen LogP contribution in [0, 0.1) is 12.8 Å². The lowest BCUT2D eigenvalue weighted by molar-refractivity contribution is -0.120. The summed E-state index contributed by atoms with van der Waals surface area (Å²) in [7, 11) is 1.61. The summed E-state index contributed by atoms with van der Waals surface area (Å²) in [6.45, 7) is 3.41. The van der Waals surface area contributed by atoms with Gasteiger partial charge in [0.1, 0.15) is 0 Å². The van der Waals surface area contributed by atoms with Gasteiger partial charge in [-0.05, 0) is 62.3 Å². The molecule has 1 fully saturated rings. The van der Waals surface area contributed by atoms with Gasteiger partial charge in [0.05, 0.1) is 13.0 Å². The molecule has 2 aromatic rings. The number of aryl methyl sites for hydroxylation is 3. The number of anilines is 2. The fourth-order valence-electron chi connectivity index (χ4n) is 4.04. The molecule has 0 saturated carbocycles. The second kappa shape index (κ2) is 7.55. The van der Waals surface area contributed by atoms with Crippen molar-refractivity contribution in [1.29, 1.82) is 0 Å². The highest BCUT2D eigenvalue weighted by Gasteiger charge is 2.28. The Hall–Kier alpha value is -2.63. The predicted molar refractivity (Wildman–Crippen MR) is 105 cm³/mol. The zero-order valence-electron chi connectivity index (χ0n) is 16.0. The second-order valence-electron chi connectivity index (χ2n) is 7.46. The molecule has 2 aliphatic rings. The van der Waals surface area contributed by atoms with Crippen molar-refractivity contribution in [3.8, 4) is 5.88 Å². The summed E-state index contributed by atoms with van der Waals surface area (Å²) in [4.78, 5) is 23.9. The summed E-state index contributed by atoms with van der Waals surface area (Å²) in [5.74, 6) is 1.21. The minimum Gasteiger partial charge on any atom is -0.481 e. The molecular weight excluding hydrogens is 340 g/mol. The van der Waals surface area contributed by atoms with E-state index in [4.69, 9.17) is 4.74 Å². The summed E-state index contributed by atoms with van der Waals surface area (Å²) in [5, 5.41) is 3.12. The second-order valence-corrected chi connectivity index (χ2v) is 7.46. The van der Waals surface area contributed by atoms with Gasteiger partial charge in [0, 0.05) is 30.5 Å². The summed E-state index contributed by atoms with van der Waals surface area (Å²) in [6.07, 6.45) is 5.31. The third-order valence-corrected chi connectivity index (χ3v) is 5.47. The van der Waals surface area contributed by atoms with Gasteiger partial charge < -0.3 is 15.0 Å². The van der Waals surface area contributed by atoms with Crippen LogP contribution in [0.2, 0.25) is 0 Å². The maximum atomic E-state index is 12.8. The highest BCUT2D eigenvalue weighted by Crippen LogP contribution is 2.27. The molecule has 142 valence electrons. The van der Waals surface area contributed by atoms with Crippen LogP contribution in [0.3, 0.4) is 0 Å². The monoisotopic (exact) mass is 366 g/mol. The maximum Gasteiger partial charge on any atom is 0.229 e. The molecule has 1 unspecified atom stereocenters. The number of nitrogens with one attached hydrogen (secondary N) is 1. The molecule has 0 spiro atoms. The molecule has 4 rings (SSSR count). The first-order valence-corrected chi connectivity index (χ1v) is 9.69. The summed E-state index contributed by atoms with van der Waals surface area (Å²) < 4.78 is 5.26. The Kier molecular flexibility index (Phi) is 4.97. The fourth-order valence-corrected chi connectivity index (χ4v) is 4.04. The van der Waals surface area contributed by atoms with Crippen LogP contribution in [0.1, 0.15) is 36.1 Å². The Labute approximate surface area is 160 Å². The van der Waals surface area contributed by atoms with Gasteiger partial charge in [0.25, 0.3) is 0 Å². The highest BCUT2D eigenvalue weighted by atomic mass is 16.5.